The highest BCUT2D eigenvalue weighted by atomic mass is 35.5. The lowest BCUT2D eigenvalue weighted by atomic mass is 10.2. The molecule has 0 saturated carbocycles. The number of rotatable bonds is 7. The Hall–Kier alpha value is -3.23. The summed E-state index contributed by atoms with van der Waals surface area (Å²) in [7, 11) is 0. The molecule has 1 atom stereocenters. The number of aryl methyl sites for hydroxylation is 1. The Morgan fingerprint density at radius 2 is 1.74 bits per heavy atom. The van der Waals surface area contributed by atoms with E-state index in [1.807, 2.05) is 0 Å². The van der Waals surface area contributed by atoms with E-state index in [0.717, 1.165) is 18.4 Å². The van der Waals surface area contributed by atoms with Crippen molar-refractivity contribution in [1.29, 1.82) is 0 Å². The summed E-state index contributed by atoms with van der Waals surface area (Å²) in [6, 6.07) is 14.0. The van der Waals surface area contributed by atoms with E-state index in [4.69, 9.17) is 20.9 Å². The third-order valence-corrected chi connectivity index (χ3v) is 5.05. The second kappa shape index (κ2) is 9.72. The van der Waals surface area contributed by atoms with Crippen molar-refractivity contribution >= 4 is 34.8 Å². The molecule has 0 spiro atoms. The van der Waals surface area contributed by atoms with E-state index in [2.05, 4.69) is 20.8 Å². The van der Waals surface area contributed by atoms with Gasteiger partial charge in [0.15, 0.2) is 0 Å². The number of aromatic nitrogens is 2. The van der Waals surface area contributed by atoms with Crippen LogP contribution < -0.4 is 10.6 Å². The molecule has 2 amide bonds. The minimum absolute atomic E-state index is 0.146. The Labute approximate surface area is 183 Å². The van der Waals surface area contributed by atoms with Crippen LogP contribution in [-0.2, 0) is 20.7 Å². The van der Waals surface area contributed by atoms with Gasteiger partial charge in [-0.2, -0.15) is 4.98 Å². The lowest BCUT2D eigenvalue weighted by Gasteiger charge is -2.11. The van der Waals surface area contributed by atoms with Crippen molar-refractivity contribution in [3.8, 4) is 11.4 Å². The number of halogens is 1. The molecule has 1 saturated heterocycles. The fourth-order valence-corrected chi connectivity index (χ4v) is 3.29. The van der Waals surface area contributed by atoms with Gasteiger partial charge in [0.25, 0.3) is 5.91 Å². The topological polar surface area (TPSA) is 106 Å². The van der Waals surface area contributed by atoms with Gasteiger partial charge in [-0.3, -0.25) is 9.59 Å². The summed E-state index contributed by atoms with van der Waals surface area (Å²) in [5.41, 5.74) is 2.07. The molecule has 9 heteroatoms. The second-order valence-electron chi connectivity index (χ2n) is 7.14. The van der Waals surface area contributed by atoms with Crippen molar-refractivity contribution in [2.45, 2.75) is 31.8 Å². The van der Waals surface area contributed by atoms with Crippen LogP contribution in [0.15, 0.2) is 53.1 Å². The lowest BCUT2D eigenvalue weighted by Crippen LogP contribution is -2.26. The van der Waals surface area contributed by atoms with Crippen LogP contribution in [0.1, 0.15) is 25.2 Å². The number of benzene rings is 2. The zero-order valence-electron chi connectivity index (χ0n) is 16.6. The SMILES string of the molecule is O=C(CCc1nc(-c2ccc(Cl)cc2)no1)Nc1ccc(NC(=O)C2CCCO2)cc1. The van der Waals surface area contributed by atoms with Gasteiger partial charge in [0.05, 0.1) is 0 Å². The molecule has 1 fully saturated rings. The Balaban J connectivity index is 1.25. The van der Waals surface area contributed by atoms with Gasteiger partial charge in [0.2, 0.25) is 17.6 Å². The average molecular weight is 441 g/mol. The van der Waals surface area contributed by atoms with Crippen LogP contribution in [0.25, 0.3) is 11.4 Å². The molecule has 1 aromatic heterocycles. The van der Waals surface area contributed by atoms with E-state index in [0.29, 0.717) is 41.1 Å². The maximum Gasteiger partial charge on any atom is 0.253 e. The maximum atomic E-state index is 12.2. The maximum absolute atomic E-state index is 12.2. The second-order valence-corrected chi connectivity index (χ2v) is 7.57. The number of amides is 2. The van der Waals surface area contributed by atoms with Gasteiger partial charge >= 0.3 is 0 Å². The fourth-order valence-electron chi connectivity index (χ4n) is 3.16. The summed E-state index contributed by atoms with van der Waals surface area (Å²) in [5.74, 6) is 0.509. The van der Waals surface area contributed by atoms with E-state index in [1.54, 1.807) is 48.5 Å². The number of anilines is 2. The summed E-state index contributed by atoms with van der Waals surface area (Å²) >= 11 is 5.88. The van der Waals surface area contributed by atoms with Crippen molar-refractivity contribution in [3.63, 3.8) is 0 Å². The van der Waals surface area contributed by atoms with Gasteiger partial charge in [0, 0.05) is 41.4 Å². The largest absolute Gasteiger partial charge is 0.368 e. The van der Waals surface area contributed by atoms with Crippen LogP contribution in [0.3, 0.4) is 0 Å². The molecule has 2 heterocycles. The molecule has 3 aromatic rings. The molecule has 0 bridgehead atoms. The smallest absolute Gasteiger partial charge is 0.253 e. The summed E-state index contributed by atoms with van der Waals surface area (Å²) in [6.07, 6.45) is 1.77. The Morgan fingerprint density at radius 1 is 1.03 bits per heavy atom. The minimum Gasteiger partial charge on any atom is -0.368 e. The van der Waals surface area contributed by atoms with Crippen LogP contribution in [-0.4, -0.2) is 34.7 Å². The van der Waals surface area contributed by atoms with E-state index in [9.17, 15) is 9.59 Å². The molecule has 4 rings (SSSR count). The van der Waals surface area contributed by atoms with Crippen molar-refractivity contribution in [2.24, 2.45) is 0 Å². The molecular formula is C22H21ClN4O4. The van der Waals surface area contributed by atoms with Crippen LogP contribution in [0.5, 0.6) is 0 Å². The molecule has 1 aliphatic heterocycles. The summed E-state index contributed by atoms with van der Waals surface area (Å²) in [5, 5.41) is 10.2. The molecule has 2 N–H and O–H groups in total. The normalized spacial score (nSPS) is 15.6. The van der Waals surface area contributed by atoms with Crippen LogP contribution in [0, 0.1) is 0 Å². The van der Waals surface area contributed by atoms with Gasteiger partial charge in [-0.15, -0.1) is 0 Å². The number of nitrogens with zero attached hydrogens (tertiary/aromatic N) is 2. The van der Waals surface area contributed by atoms with Gasteiger partial charge < -0.3 is 19.9 Å². The van der Waals surface area contributed by atoms with Crippen molar-refractivity contribution < 1.29 is 18.8 Å². The van der Waals surface area contributed by atoms with Gasteiger partial charge in [-0.25, -0.2) is 0 Å². The third kappa shape index (κ3) is 5.68. The van der Waals surface area contributed by atoms with Gasteiger partial charge in [-0.05, 0) is 61.4 Å². The number of hydrogen-bond acceptors (Lipinski definition) is 6. The number of ether oxygens (including phenoxy) is 1. The minimum atomic E-state index is -0.385. The monoisotopic (exact) mass is 440 g/mol. The highest BCUT2D eigenvalue weighted by Gasteiger charge is 2.23. The van der Waals surface area contributed by atoms with E-state index in [1.165, 1.54) is 0 Å². The number of carbonyl (C=O) groups is 2. The quantitative estimate of drug-likeness (QED) is 0.573. The Kier molecular flexibility index (Phi) is 6.59. The first kappa shape index (κ1) is 21.0. The molecule has 0 aliphatic carbocycles. The first-order valence-electron chi connectivity index (χ1n) is 9.98. The number of nitrogens with one attached hydrogen (secondary N) is 2. The number of carbonyl (C=O) groups excluding carboxylic acids is 2. The van der Waals surface area contributed by atoms with Crippen molar-refractivity contribution in [2.75, 3.05) is 17.2 Å². The molecule has 2 aromatic carbocycles. The highest BCUT2D eigenvalue weighted by Crippen LogP contribution is 2.20. The molecule has 31 heavy (non-hydrogen) atoms. The standard InChI is InChI=1S/C22H21ClN4O4/c23-15-5-3-14(4-6-15)21-26-20(31-27-21)12-11-19(28)24-16-7-9-17(10-8-16)25-22(29)18-2-1-13-30-18/h3-10,18H,1-2,11-13H2,(H,24,28)(H,25,29). The van der Waals surface area contributed by atoms with Crippen molar-refractivity contribution in [3.05, 3.63) is 59.4 Å². The van der Waals surface area contributed by atoms with Gasteiger partial charge in [0.1, 0.15) is 6.10 Å². The molecule has 8 nitrogen and oxygen atoms in total. The zero-order chi connectivity index (χ0) is 21.6. The summed E-state index contributed by atoms with van der Waals surface area (Å²) in [6.45, 7) is 0.620. The first-order valence-corrected chi connectivity index (χ1v) is 10.4. The zero-order valence-corrected chi connectivity index (χ0v) is 17.4. The highest BCUT2D eigenvalue weighted by molar-refractivity contribution is 6.30. The molecule has 0 radical (unpaired) electrons. The van der Waals surface area contributed by atoms with E-state index < -0.39 is 0 Å². The fraction of sp³-hybridized carbons (Fsp3) is 0.273. The van der Waals surface area contributed by atoms with Crippen LogP contribution in [0.4, 0.5) is 11.4 Å². The Bertz CT molecular complexity index is 1040. The van der Waals surface area contributed by atoms with Crippen molar-refractivity contribution in [1.82, 2.24) is 10.1 Å². The molecule has 1 aliphatic rings. The lowest BCUT2D eigenvalue weighted by molar-refractivity contribution is -0.124. The number of hydrogen-bond donors (Lipinski definition) is 2. The summed E-state index contributed by atoms with van der Waals surface area (Å²) < 4.78 is 10.6. The first-order chi connectivity index (χ1) is 15.1. The van der Waals surface area contributed by atoms with E-state index >= 15 is 0 Å². The predicted octanol–water partition coefficient (Wildman–Crippen LogP) is 4.08. The summed E-state index contributed by atoms with van der Waals surface area (Å²) in [4.78, 5) is 28.6. The third-order valence-electron chi connectivity index (χ3n) is 4.79. The molecule has 160 valence electrons. The molecular weight excluding hydrogens is 420 g/mol. The molecule has 1 unspecified atom stereocenters. The van der Waals surface area contributed by atoms with Crippen LogP contribution in [0.2, 0.25) is 5.02 Å². The average Bonchev–Trinajstić information content (AvgIpc) is 3.47. The van der Waals surface area contributed by atoms with Gasteiger partial charge in [-0.1, -0.05) is 16.8 Å². The Morgan fingerprint density at radius 3 is 2.42 bits per heavy atom. The predicted molar refractivity (Wildman–Crippen MR) is 116 cm³/mol. The van der Waals surface area contributed by atoms with Crippen LogP contribution >= 0.6 is 11.6 Å². The van der Waals surface area contributed by atoms with E-state index in [-0.39, 0.29) is 24.3 Å².